The topological polar surface area (TPSA) is 104 Å². The Morgan fingerprint density at radius 2 is 1.26 bits per heavy atom. The summed E-state index contributed by atoms with van der Waals surface area (Å²) in [7, 11) is 0. The Morgan fingerprint density at radius 3 is 1.76 bits per heavy atom. The van der Waals surface area contributed by atoms with Crippen LogP contribution in [0, 0.1) is 0 Å². The minimum atomic E-state index is -1.23. The summed E-state index contributed by atoms with van der Waals surface area (Å²) in [4.78, 5) is 35.4. The van der Waals surface area contributed by atoms with Gasteiger partial charge in [0.1, 0.15) is 18.8 Å². The molecule has 0 radical (unpaired) electrons. The molecule has 0 aliphatic rings. The zero-order valence-electron chi connectivity index (χ0n) is 23.8. The molecule has 216 valence electrons. The third-order valence-electron chi connectivity index (χ3n) is 6.96. The van der Waals surface area contributed by atoms with Crippen LogP contribution < -0.4 is 4.74 Å². The Labute approximate surface area is 230 Å². The van der Waals surface area contributed by atoms with Crippen molar-refractivity contribution in [1.82, 2.24) is 4.90 Å². The molecule has 1 amide bonds. The van der Waals surface area contributed by atoms with Crippen molar-refractivity contribution in [2.45, 2.75) is 129 Å². The van der Waals surface area contributed by atoms with Crippen molar-refractivity contribution >= 4 is 17.8 Å². The van der Waals surface area contributed by atoms with Crippen LogP contribution in [-0.2, 0) is 20.8 Å². The molecule has 0 aliphatic carbocycles. The van der Waals surface area contributed by atoms with Crippen LogP contribution in [0.5, 0.6) is 5.75 Å². The maximum atomic E-state index is 12.5. The highest BCUT2D eigenvalue weighted by Gasteiger charge is 2.20. The molecule has 7 heteroatoms. The van der Waals surface area contributed by atoms with E-state index < -0.39 is 30.9 Å². The second-order valence-corrected chi connectivity index (χ2v) is 10.3. The van der Waals surface area contributed by atoms with Crippen molar-refractivity contribution in [2.75, 3.05) is 13.1 Å². The molecule has 1 unspecified atom stereocenters. The van der Waals surface area contributed by atoms with Crippen molar-refractivity contribution in [2.24, 2.45) is 0 Å². The molecule has 1 rings (SSSR count). The van der Waals surface area contributed by atoms with Gasteiger partial charge in [-0.15, -0.1) is 0 Å². The first kappa shape index (κ1) is 33.5. The van der Waals surface area contributed by atoms with Gasteiger partial charge in [-0.2, -0.15) is 0 Å². The number of carbonyl (C=O) groups excluding carboxylic acids is 1. The largest absolute Gasteiger partial charge is 0.490 e. The number of unbranched alkanes of at least 4 members (excludes halogenated alkanes) is 12. The molecule has 2 N–H and O–H groups in total. The predicted molar refractivity (Wildman–Crippen MR) is 152 cm³/mol. The Hall–Kier alpha value is -2.57. The number of aryl methyl sites for hydroxylation is 1. The van der Waals surface area contributed by atoms with E-state index >= 15 is 0 Å². The van der Waals surface area contributed by atoms with Crippen LogP contribution in [0.1, 0.15) is 122 Å². The first-order valence-electron chi connectivity index (χ1n) is 14.8. The molecule has 38 heavy (non-hydrogen) atoms. The summed E-state index contributed by atoms with van der Waals surface area (Å²) in [5.41, 5.74) is 0.871. The third kappa shape index (κ3) is 16.3. The molecule has 0 aromatic heterocycles. The summed E-state index contributed by atoms with van der Waals surface area (Å²) in [5.74, 6) is -2.22. The number of amides is 1. The second kappa shape index (κ2) is 21.4. The number of aliphatic carboxylic acids is 2. The maximum Gasteiger partial charge on any atom is 0.323 e. The molecule has 1 aromatic carbocycles. The average molecular weight is 534 g/mol. The van der Waals surface area contributed by atoms with E-state index in [0.29, 0.717) is 6.42 Å². The van der Waals surface area contributed by atoms with Crippen molar-refractivity contribution in [3.8, 4) is 5.75 Å². The van der Waals surface area contributed by atoms with Crippen LogP contribution in [-0.4, -0.2) is 52.2 Å². The van der Waals surface area contributed by atoms with E-state index in [1.54, 1.807) is 0 Å². The number of benzene rings is 1. The molecule has 0 heterocycles. The maximum absolute atomic E-state index is 12.5. The van der Waals surface area contributed by atoms with Gasteiger partial charge in [-0.25, -0.2) is 0 Å². The highest BCUT2D eigenvalue weighted by Crippen LogP contribution is 2.24. The number of carboxylic acid groups (broad SMARTS) is 2. The number of carboxylic acids is 2. The monoisotopic (exact) mass is 533 g/mol. The van der Waals surface area contributed by atoms with Gasteiger partial charge in [0, 0.05) is 6.42 Å². The van der Waals surface area contributed by atoms with Gasteiger partial charge in [0.25, 0.3) is 0 Å². The lowest BCUT2D eigenvalue weighted by molar-refractivity contribution is -0.149. The Morgan fingerprint density at radius 1 is 0.763 bits per heavy atom. The van der Waals surface area contributed by atoms with Crippen molar-refractivity contribution in [3.05, 3.63) is 29.8 Å². The molecule has 1 atom stereocenters. The van der Waals surface area contributed by atoms with Gasteiger partial charge < -0.3 is 19.8 Å². The Balaban J connectivity index is 2.35. The van der Waals surface area contributed by atoms with Gasteiger partial charge in [-0.3, -0.25) is 14.4 Å². The molecule has 0 spiro atoms. The van der Waals surface area contributed by atoms with Gasteiger partial charge in [0.05, 0.1) is 6.10 Å². The number of para-hydroxylation sites is 1. The van der Waals surface area contributed by atoms with Crippen molar-refractivity contribution in [3.63, 3.8) is 0 Å². The Bertz CT molecular complexity index is 780. The van der Waals surface area contributed by atoms with Gasteiger partial charge in [-0.05, 0) is 37.3 Å². The van der Waals surface area contributed by atoms with Gasteiger partial charge in [0.15, 0.2) is 0 Å². The summed E-state index contributed by atoms with van der Waals surface area (Å²) in [5, 5.41) is 18.0. The summed E-state index contributed by atoms with van der Waals surface area (Å²) in [6, 6.07) is 7.59. The molecule has 0 saturated carbocycles. The lowest BCUT2D eigenvalue weighted by atomic mass is 10.0. The van der Waals surface area contributed by atoms with Gasteiger partial charge >= 0.3 is 11.9 Å². The van der Waals surface area contributed by atoms with Crippen LogP contribution in [0.2, 0.25) is 0 Å². The molecule has 0 fully saturated rings. The van der Waals surface area contributed by atoms with Crippen LogP contribution in [0.15, 0.2) is 24.3 Å². The number of carbonyl (C=O) groups is 3. The van der Waals surface area contributed by atoms with Crippen LogP contribution in [0.4, 0.5) is 0 Å². The molecular formula is C31H51NO6. The summed E-state index contributed by atoms with van der Waals surface area (Å²) >= 11 is 0. The summed E-state index contributed by atoms with van der Waals surface area (Å²) in [6.45, 7) is 3.13. The first-order chi connectivity index (χ1) is 18.4. The van der Waals surface area contributed by atoms with Crippen LogP contribution in [0.3, 0.4) is 0 Å². The summed E-state index contributed by atoms with van der Waals surface area (Å²) < 4.78 is 6.31. The first-order valence-corrected chi connectivity index (χ1v) is 14.8. The van der Waals surface area contributed by atoms with Gasteiger partial charge in [0.2, 0.25) is 5.91 Å². The molecule has 0 aliphatic heterocycles. The number of hydrogen-bond donors (Lipinski definition) is 2. The van der Waals surface area contributed by atoms with Crippen LogP contribution >= 0.6 is 0 Å². The van der Waals surface area contributed by atoms with E-state index in [1.807, 2.05) is 24.3 Å². The molecule has 1 aromatic rings. The zero-order chi connectivity index (χ0) is 28.0. The van der Waals surface area contributed by atoms with E-state index in [0.717, 1.165) is 35.5 Å². The smallest absolute Gasteiger partial charge is 0.323 e. The minimum absolute atomic E-state index is 0.0244. The average Bonchev–Trinajstić information content (AvgIpc) is 2.88. The van der Waals surface area contributed by atoms with E-state index in [4.69, 9.17) is 14.9 Å². The molecule has 7 nitrogen and oxygen atoms in total. The highest BCUT2D eigenvalue weighted by atomic mass is 16.5. The SMILES string of the molecule is CCCCCCCCCCCCCCCC(CC)Oc1ccccc1CCC(=O)N(CC(=O)O)CC(=O)O. The highest BCUT2D eigenvalue weighted by molar-refractivity contribution is 5.85. The van der Waals surface area contributed by atoms with Crippen molar-refractivity contribution in [1.29, 1.82) is 0 Å². The van der Waals surface area contributed by atoms with Crippen LogP contribution in [0.25, 0.3) is 0 Å². The second-order valence-electron chi connectivity index (χ2n) is 10.3. The normalized spacial score (nSPS) is 11.7. The molecule has 0 bridgehead atoms. The third-order valence-corrected chi connectivity index (χ3v) is 6.96. The number of rotatable bonds is 24. The fourth-order valence-corrected chi connectivity index (χ4v) is 4.70. The molecule has 0 saturated heterocycles. The van der Waals surface area contributed by atoms with E-state index in [1.165, 1.54) is 77.0 Å². The lowest BCUT2D eigenvalue weighted by Crippen LogP contribution is -2.39. The van der Waals surface area contributed by atoms with Crippen molar-refractivity contribution < 1.29 is 29.3 Å². The number of ether oxygens (including phenoxy) is 1. The number of nitrogens with zero attached hydrogens (tertiary/aromatic N) is 1. The quantitative estimate of drug-likeness (QED) is 0.136. The van der Waals surface area contributed by atoms with E-state index in [-0.39, 0.29) is 12.5 Å². The fourth-order valence-electron chi connectivity index (χ4n) is 4.70. The van der Waals surface area contributed by atoms with Gasteiger partial charge in [-0.1, -0.05) is 109 Å². The Kier molecular flexibility index (Phi) is 18.8. The van der Waals surface area contributed by atoms with E-state index in [2.05, 4.69) is 13.8 Å². The standard InChI is InChI=1S/C31H51NO6/c1-3-5-6-7-8-9-10-11-12-13-14-15-16-20-27(4-2)38-28-21-18-17-19-26(28)22-23-29(33)32(24-30(34)35)25-31(36)37/h17-19,21,27H,3-16,20,22-25H2,1-2H3,(H,34,35)(H,36,37). The lowest BCUT2D eigenvalue weighted by Gasteiger charge is -2.21. The molecular weight excluding hydrogens is 482 g/mol. The van der Waals surface area contributed by atoms with E-state index in [9.17, 15) is 14.4 Å². The summed E-state index contributed by atoms with van der Waals surface area (Å²) in [6.07, 6.45) is 19.7. The minimum Gasteiger partial charge on any atom is -0.490 e. The zero-order valence-corrected chi connectivity index (χ0v) is 23.8. The number of hydrogen-bond acceptors (Lipinski definition) is 4. The predicted octanol–water partition coefficient (Wildman–Crippen LogP) is 7.26. The fraction of sp³-hybridized carbons (Fsp3) is 0.710.